The van der Waals surface area contributed by atoms with Crippen molar-refractivity contribution in [1.29, 1.82) is 5.41 Å². The molecule has 6 heteroatoms. The van der Waals surface area contributed by atoms with Crippen LogP contribution in [0.15, 0.2) is 34.3 Å². The highest BCUT2D eigenvalue weighted by atomic mass is 35.5. The first-order valence-corrected chi connectivity index (χ1v) is 5.35. The zero-order chi connectivity index (χ0) is 12.1. The zero-order valence-electron chi connectivity index (χ0n) is 7.96. The van der Waals surface area contributed by atoms with E-state index in [1.54, 1.807) is 24.3 Å². The molecule has 0 aliphatic heterocycles. The number of hydrogen-bond acceptors (Lipinski definition) is 2. The van der Waals surface area contributed by atoms with Crippen molar-refractivity contribution in [2.45, 2.75) is 0 Å². The third-order valence-electron chi connectivity index (χ3n) is 1.63. The molecule has 16 heavy (non-hydrogen) atoms. The van der Waals surface area contributed by atoms with Gasteiger partial charge in [-0.3, -0.25) is 4.79 Å². The highest BCUT2D eigenvalue weighted by Crippen LogP contribution is 2.16. The Hall–Kier alpha value is -1.03. The normalized spacial score (nSPS) is 11.7. The van der Waals surface area contributed by atoms with E-state index >= 15 is 0 Å². The molecule has 0 radical (unpaired) electrons. The van der Waals surface area contributed by atoms with E-state index in [4.69, 9.17) is 40.2 Å². The summed E-state index contributed by atoms with van der Waals surface area (Å²) in [6.07, 6.45) is 0.799. The highest BCUT2D eigenvalue weighted by Gasteiger charge is 2.11. The summed E-state index contributed by atoms with van der Waals surface area (Å²) < 4.78 is 0. The first-order valence-electron chi connectivity index (χ1n) is 4.18. The van der Waals surface area contributed by atoms with E-state index in [2.05, 4.69) is 5.32 Å². The van der Waals surface area contributed by atoms with Crippen LogP contribution in [0.2, 0.25) is 5.02 Å². The monoisotopic (exact) mass is 277 g/mol. The summed E-state index contributed by atoms with van der Waals surface area (Å²) in [5.41, 5.74) is 0.532. The van der Waals surface area contributed by atoms with E-state index in [1.807, 2.05) is 0 Å². The van der Waals surface area contributed by atoms with Crippen LogP contribution < -0.4 is 5.32 Å². The van der Waals surface area contributed by atoms with Crippen molar-refractivity contribution in [3.8, 4) is 0 Å². The summed E-state index contributed by atoms with van der Waals surface area (Å²) >= 11 is 16.1. The molecule has 0 saturated heterocycles. The van der Waals surface area contributed by atoms with E-state index in [0.717, 1.165) is 6.21 Å². The Bertz CT molecular complexity index is 457. The predicted octanol–water partition coefficient (Wildman–Crippen LogP) is 2.66. The fourth-order valence-corrected chi connectivity index (χ4v) is 1.32. The van der Waals surface area contributed by atoms with Crippen LogP contribution >= 0.6 is 23.2 Å². The molecule has 1 aromatic rings. The molecule has 0 fully saturated rings. The van der Waals surface area contributed by atoms with Gasteiger partial charge in [0.15, 0.2) is 11.6 Å². The first kappa shape index (κ1) is 13.0. The van der Waals surface area contributed by atoms with Crippen LogP contribution in [0.4, 0.5) is 5.69 Å². The minimum Gasteiger partial charge on any atom is -0.321 e. The molecule has 2 N–H and O–H groups in total. The molecule has 3 nitrogen and oxygen atoms in total. The zero-order valence-corrected chi connectivity index (χ0v) is 10.3. The van der Waals surface area contributed by atoms with E-state index < -0.39 is 5.91 Å². The Kier molecular flexibility index (Phi) is 4.80. The Morgan fingerprint density at radius 1 is 1.44 bits per heavy atom. The summed E-state index contributed by atoms with van der Waals surface area (Å²) in [6, 6.07) is 6.74. The molecule has 0 aliphatic rings. The van der Waals surface area contributed by atoms with Gasteiger partial charge in [0.25, 0.3) is 5.91 Å². The van der Waals surface area contributed by atoms with Gasteiger partial charge >= 0.3 is 0 Å². The number of hydrogen-bond donors (Lipinski definition) is 2. The number of carbonyl (C=O) groups is 1. The smallest absolute Gasteiger partial charge is 0.268 e. The number of rotatable bonds is 3. The van der Waals surface area contributed by atoms with Gasteiger partial charge in [-0.2, -0.15) is 0 Å². The molecule has 0 atom stereocenters. The Morgan fingerprint density at radius 3 is 2.69 bits per heavy atom. The largest absolute Gasteiger partial charge is 0.321 e. The standard InChI is InChI=1S/C10H7Cl3N2O/c11-6-2-1-3-7(4-6)15-10(16)9(13)8(12)5-14/h1-5,11,14H/p+1/b9-8-,14-5?. The third-order valence-corrected chi connectivity index (χ3v) is 2.65. The Balaban J connectivity index is 2.83. The lowest BCUT2D eigenvalue weighted by atomic mass is 10.3. The summed E-state index contributed by atoms with van der Waals surface area (Å²) in [5, 5.41) is 9.63. The van der Waals surface area contributed by atoms with Crippen LogP contribution in [0.3, 0.4) is 0 Å². The van der Waals surface area contributed by atoms with Gasteiger partial charge in [-0.15, -0.1) is 0 Å². The second kappa shape index (κ2) is 5.89. The number of carbonyl (C=O) groups excluding carboxylic acids is 1. The molecule has 0 saturated carbocycles. The molecule has 0 aliphatic carbocycles. The number of halogens is 3. The van der Waals surface area contributed by atoms with Crippen molar-refractivity contribution in [2.75, 3.05) is 5.32 Å². The minimum absolute atomic E-state index is 0.117. The molecule has 1 rings (SSSR count). The maximum absolute atomic E-state index is 11.5. The van der Waals surface area contributed by atoms with Gasteiger partial charge < -0.3 is 10.7 Å². The van der Waals surface area contributed by atoms with Gasteiger partial charge in [0, 0.05) is 24.0 Å². The Morgan fingerprint density at radius 2 is 2.12 bits per heavy atom. The highest BCUT2D eigenvalue weighted by molar-refractivity contribution is 6.53. The molecule has 0 bridgehead atoms. The van der Waals surface area contributed by atoms with Crippen molar-refractivity contribution in [2.24, 2.45) is 0 Å². The number of allylic oxidation sites excluding steroid dienone is 1. The first-order chi connectivity index (χ1) is 7.54. The fourth-order valence-electron chi connectivity index (χ4n) is 0.932. The van der Waals surface area contributed by atoms with Crippen LogP contribution in [-0.2, 0) is 4.79 Å². The molecular weight excluding hydrogens is 270 g/mol. The van der Waals surface area contributed by atoms with E-state index in [1.165, 1.54) is 0 Å². The van der Waals surface area contributed by atoms with E-state index in [0.29, 0.717) is 10.7 Å². The number of nitrogens with one attached hydrogen (secondary N) is 2. The fraction of sp³-hybridized carbons (Fsp3) is 0. The van der Waals surface area contributed by atoms with Crippen LogP contribution in [0, 0.1) is 17.0 Å². The maximum Gasteiger partial charge on any atom is 0.268 e. The lowest BCUT2D eigenvalue weighted by Gasteiger charge is -2.03. The quantitative estimate of drug-likeness (QED) is 0.648. The van der Waals surface area contributed by atoms with Crippen molar-refractivity contribution < 1.29 is 16.4 Å². The molecule has 1 amide bonds. The summed E-state index contributed by atoms with van der Waals surface area (Å²) in [4.78, 5) is 11.5. The summed E-state index contributed by atoms with van der Waals surface area (Å²) in [6.45, 7) is 0. The van der Waals surface area contributed by atoms with Crippen molar-refractivity contribution in [3.05, 3.63) is 39.4 Å². The molecule has 84 valence electrons. The summed E-state index contributed by atoms with van der Waals surface area (Å²) in [5.74, 6) is -0.573. The van der Waals surface area contributed by atoms with Gasteiger partial charge in [-0.05, 0) is 6.07 Å². The summed E-state index contributed by atoms with van der Waals surface area (Å²) in [7, 11) is 0. The maximum atomic E-state index is 11.5. The van der Waals surface area contributed by atoms with Crippen molar-refractivity contribution in [3.63, 3.8) is 0 Å². The second-order valence-corrected chi connectivity index (χ2v) is 4.04. The molecule has 0 aromatic heterocycles. The van der Waals surface area contributed by atoms with Crippen molar-refractivity contribution in [1.82, 2.24) is 0 Å². The number of amides is 1. The van der Waals surface area contributed by atoms with Gasteiger partial charge in [-0.1, -0.05) is 29.3 Å². The van der Waals surface area contributed by atoms with Crippen LogP contribution in [0.25, 0.3) is 0 Å². The van der Waals surface area contributed by atoms with Gasteiger partial charge in [0.1, 0.15) is 5.03 Å². The van der Waals surface area contributed by atoms with Gasteiger partial charge in [-0.25, -0.2) is 0 Å². The van der Waals surface area contributed by atoms with Gasteiger partial charge in [0.2, 0.25) is 5.02 Å². The predicted molar refractivity (Wildman–Crippen MR) is 63.1 cm³/mol. The van der Waals surface area contributed by atoms with Crippen LogP contribution in [0.1, 0.15) is 0 Å². The second-order valence-electron chi connectivity index (χ2n) is 2.79. The van der Waals surface area contributed by atoms with Gasteiger partial charge in [0.05, 0.1) is 5.03 Å². The van der Waals surface area contributed by atoms with E-state index in [-0.39, 0.29) is 10.1 Å². The molecular formula is C10H8Cl3N2O+. The molecule has 0 heterocycles. The average molecular weight is 279 g/mol. The number of benzene rings is 1. The lowest BCUT2D eigenvalue weighted by Crippen LogP contribution is -2.12. The van der Waals surface area contributed by atoms with Crippen molar-refractivity contribution >= 4 is 41.0 Å². The number of anilines is 1. The van der Waals surface area contributed by atoms with Crippen LogP contribution in [0.5, 0.6) is 0 Å². The molecule has 0 spiro atoms. The van der Waals surface area contributed by atoms with Crippen LogP contribution in [-0.4, -0.2) is 12.1 Å². The molecule has 1 aromatic carbocycles. The lowest BCUT2D eigenvalue weighted by molar-refractivity contribution is -0.288. The minimum atomic E-state index is -0.573. The molecule has 0 unspecified atom stereocenters. The van der Waals surface area contributed by atoms with E-state index in [9.17, 15) is 4.79 Å². The Labute approximate surface area is 108 Å². The third kappa shape index (κ3) is 3.52. The average Bonchev–Trinajstić information content (AvgIpc) is 2.27. The topological polar surface area (TPSA) is 53.0 Å². The SMILES string of the molecule is N=C/C(Cl)=C(/Cl)C(=O)Nc1cccc([ClH+])c1.